The van der Waals surface area contributed by atoms with Crippen LogP contribution in [-0.2, 0) is 18.8 Å². The molecule has 8 nitrogen and oxygen atoms in total. The number of hydrogen-bond acceptors (Lipinski definition) is 6. The predicted molar refractivity (Wildman–Crippen MR) is 95.2 cm³/mol. The van der Waals surface area contributed by atoms with Crippen LogP contribution in [0.3, 0.4) is 0 Å². The van der Waals surface area contributed by atoms with Crippen molar-refractivity contribution < 1.29 is 4.92 Å². The molecule has 0 aromatic carbocycles. The van der Waals surface area contributed by atoms with Gasteiger partial charge in [0.05, 0.1) is 10.8 Å². The molecule has 0 saturated heterocycles. The molecule has 2 heterocycles. The van der Waals surface area contributed by atoms with Crippen molar-refractivity contribution in [3.8, 4) is 0 Å². The fourth-order valence-electron chi connectivity index (χ4n) is 3.18. The number of allylic oxidation sites excluding steroid dienone is 1. The number of rotatable bonds is 8. The molecule has 0 atom stereocenters. The lowest BCUT2D eigenvalue weighted by Gasteiger charge is -2.21. The molecule has 0 radical (unpaired) electrons. The minimum absolute atomic E-state index is 0.00820. The highest BCUT2D eigenvalue weighted by Gasteiger charge is 2.19. The molecule has 1 fully saturated rings. The van der Waals surface area contributed by atoms with Crippen LogP contribution in [0.4, 0.5) is 5.69 Å². The molecular formula is C16H22N6O2S. The van der Waals surface area contributed by atoms with Crippen LogP contribution in [0.1, 0.15) is 37.9 Å². The third-order valence-electron chi connectivity index (χ3n) is 4.46. The Labute approximate surface area is 150 Å². The van der Waals surface area contributed by atoms with Gasteiger partial charge < -0.3 is 4.57 Å². The second kappa shape index (κ2) is 8.28. The molecule has 2 aromatic heterocycles. The standard InChI is InChI=1S/C16H22N6O2S/c1-2-8-21-15(9-13-6-4-3-5-7-13)18-19-16(21)25-12-20-11-14(10-17-20)22(23)24/h2,10-11,13H,1,3-9,12H2. The largest absolute Gasteiger partial charge is 0.307 e. The van der Waals surface area contributed by atoms with E-state index >= 15 is 0 Å². The summed E-state index contributed by atoms with van der Waals surface area (Å²) < 4.78 is 3.63. The first-order chi connectivity index (χ1) is 12.2. The minimum Gasteiger partial charge on any atom is -0.302 e. The summed E-state index contributed by atoms with van der Waals surface area (Å²) in [6.45, 7) is 4.49. The van der Waals surface area contributed by atoms with Crippen molar-refractivity contribution in [1.82, 2.24) is 24.5 Å². The molecule has 0 bridgehead atoms. The normalized spacial score (nSPS) is 15.4. The van der Waals surface area contributed by atoms with Crippen LogP contribution in [0.2, 0.25) is 0 Å². The maximum atomic E-state index is 10.7. The lowest BCUT2D eigenvalue weighted by Crippen LogP contribution is -2.13. The summed E-state index contributed by atoms with van der Waals surface area (Å²) >= 11 is 1.47. The van der Waals surface area contributed by atoms with E-state index in [1.807, 2.05) is 6.08 Å². The number of nitrogens with zero attached hydrogens (tertiary/aromatic N) is 6. The monoisotopic (exact) mass is 362 g/mol. The van der Waals surface area contributed by atoms with Crippen LogP contribution in [0.5, 0.6) is 0 Å². The molecule has 0 amide bonds. The van der Waals surface area contributed by atoms with Gasteiger partial charge in [-0.25, -0.2) is 0 Å². The van der Waals surface area contributed by atoms with E-state index in [-0.39, 0.29) is 5.69 Å². The van der Waals surface area contributed by atoms with Crippen molar-refractivity contribution in [2.24, 2.45) is 5.92 Å². The van der Waals surface area contributed by atoms with E-state index in [4.69, 9.17) is 0 Å². The summed E-state index contributed by atoms with van der Waals surface area (Å²) in [5, 5.41) is 24.2. The number of thioether (sulfide) groups is 1. The molecule has 1 saturated carbocycles. The Kier molecular flexibility index (Phi) is 5.85. The number of nitro groups is 1. The summed E-state index contributed by atoms with van der Waals surface area (Å²) in [4.78, 5) is 10.3. The van der Waals surface area contributed by atoms with Gasteiger partial charge in [0.15, 0.2) is 5.16 Å². The highest BCUT2D eigenvalue weighted by Crippen LogP contribution is 2.28. The third kappa shape index (κ3) is 4.47. The van der Waals surface area contributed by atoms with E-state index in [2.05, 4.69) is 26.4 Å². The van der Waals surface area contributed by atoms with Gasteiger partial charge in [0.25, 0.3) is 0 Å². The lowest BCUT2D eigenvalue weighted by atomic mass is 9.87. The molecule has 134 valence electrons. The highest BCUT2D eigenvalue weighted by molar-refractivity contribution is 7.98. The van der Waals surface area contributed by atoms with Gasteiger partial charge >= 0.3 is 5.69 Å². The summed E-state index contributed by atoms with van der Waals surface area (Å²) in [6.07, 6.45) is 12.0. The van der Waals surface area contributed by atoms with Gasteiger partial charge in [-0.3, -0.25) is 14.8 Å². The molecule has 0 aliphatic heterocycles. The first-order valence-corrected chi connectivity index (χ1v) is 9.48. The van der Waals surface area contributed by atoms with Crippen LogP contribution >= 0.6 is 11.8 Å². The van der Waals surface area contributed by atoms with Gasteiger partial charge in [0.1, 0.15) is 18.2 Å². The Morgan fingerprint density at radius 3 is 2.84 bits per heavy atom. The second-order valence-corrected chi connectivity index (χ2v) is 7.19. The second-order valence-electron chi connectivity index (χ2n) is 6.27. The molecule has 1 aliphatic carbocycles. The van der Waals surface area contributed by atoms with Gasteiger partial charge in [0.2, 0.25) is 0 Å². The SMILES string of the molecule is C=CCn1c(CC2CCCCC2)nnc1SCn1cc([N+](=O)[O-])cn1. The lowest BCUT2D eigenvalue weighted by molar-refractivity contribution is -0.385. The molecular weight excluding hydrogens is 340 g/mol. The number of aromatic nitrogens is 5. The average molecular weight is 362 g/mol. The average Bonchev–Trinajstić information content (AvgIpc) is 3.23. The molecule has 3 rings (SSSR count). The van der Waals surface area contributed by atoms with Crippen LogP contribution in [-0.4, -0.2) is 29.5 Å². The van der Waals surface area contributed by atoms with Crippen LogP contribution < -0.4 is 0 Å². The van der Waals surface area contributed by atoms with Crippen molar-refractivity contribution in [2.45, 2.75) is 56.1 Å². The minimum atomic E-state index is -0.448. The molecule has 2 aromatic rings. The molecule has 0 unspecified atom stereocenters. The zero-order valence-electron chi connectivity index (χ0n) is 14.1. The van der Waals surface area contributed by atoms with Gasteiger partial charge in [-0.15, -0.1) is 16.8 Å². The van der Waals surface area contributed by atoms with E-state index < -0.39 is 4.92 Å². The third-order valence-corrected chi connectivity index (χ3v) is 5.41. The van der Waals surface area contributed by atoms with Crippen molar-refractivity contribution in [1.29, 1.82) is 0 Å². The number of hydrogen-bond donors (Lipinski definition) is 0. The van der Waals surface area contributed by atoms with E-state index in [0.717, 1.165) is 17.4 Å². The Morgan fingerprint density at radius 1 is 1.36 bits per heavy atom. The van der Waals surface area contributed by atoms with Gasteiger partial charge in [-0.2, -0.15) is 5.10 Å². The Bertz CT molecular complexity index is 735. The first kappa shape index (κ1) is 17.7. The fourth-order valence-corrected chi connectivity index (χ4v) is 4.00. The molecule has 25 heavy (non-hydrogen) atoms. The van der Waals surface area contributed by atoms with Crippen molar-refractivity contribution in [3.63, 3.8) is 0 Å². The van der Waals surface area contributed by atoms with Crippen LogP contribution in [0, 0.1) is 16.0 Å². The maximum Gasteiger partial charge on any atom is 0.307 e. The van der Waals surface area contributed by atoms with Gasteiger partial charge in [-0.05, 0) is 5.92 Å². The zero-order chi connectivity index (χ0) is 17.6. The van der Waals surface area contributed by atoms with Crippen LogP contribution in [0.15, 0.2) is 30.2 Å². The van der Waals surface area contributed by atoms with Crippen molar-refractivity contribution in [3.05, 3.63) is 41.0 Å². The topological polar surface area (TPSA) is 91.7 Å². The highest BCUT2D eigenvalue weighted by atomic mass is 32.2. The summed E-state index contributed by atoms with van der Waals surface area (Å²) in [5.41, 5.74) is -0.00820. The quantitative estimate of drug-likeness (QED) is 0.309. The Hall–Kier alpha value is -2.16. The first-order valence-electron chi connectivity index (χ1n) is 8.50. The smallest absolute Gasteiger partial charge is 0.302 e. The maximum absolute atomic E-state index is 10.7. The van der Waals surface area contributed by atoms with Crippen LogP contribution in [0.25, 0.3) is 0 Å². The summed E-state index contributed by atoms with van der Waals surface area (Å²) in [6, 6.07) is 0. The fraction of sp³-hybridized carbons (Fsp3) is 0.562. The molecule has 0 N–H and O–H groups in total. The Balaban J connectivity index is 1.67. The van der Waals surface area contributed by atoms with Crippen molar-refractivity contribution >= 4 is 17.4 Å². The molecule has 0 spiro atoms. The molecule has 1 aliphatic rings. The Morgan fingerprint density at radius 2 is 2.16 bits per heavy atom. The van der Waals surface area contributed by atoms with Gasteiger partial charge in [-0.1, -0.05) is 49.9 Å². The predicted octanol–water partition coefficient (Wildman–Crippen LogP) is 3.44. The van der Waals surface area contributed by atoms with E-state index in [1.54, 1.807) is 0 Å². The summed E-state index contributed by atoms with van der Waals surface area (Å²) in [5.74, 6) is 2.14. The summed E-state index contributed by atoms with van der Waals surface area (Å²) in [7, 11) is 0. The van der Waals surface area contributed by atoms with E-state index in [9.17, 15) is 10.1 Å². The van der Waals surface area contributed by atoms with E-state index in [0.29, 0.717) is 18.3 Å². The zero-order valence-corrected chi connectivity index (χ0v) is 14.9. The van der Waals surface area contributed by atoms with Crippen molar-refractivity contribution in [2.75, 3.05) is 0 Å². The van der Waals surface area contributed by atoms with Gasteiger partial charge in [0, 0.05) is 13.0 Å². The molecule has 9 heteroatoms. The van der Waals surface area contributed by atoms with E-state index in [1.165, 1.54) is 60.9 Å².